The summed E-state index contributed by atoms with van der Waals surface area (Å²) < 4.78 is 5.94. The van der Waals surface area contributed by atoms with E-state index < -0.39 is 0 Å². The van der Waals surface area contributed by atoms with Crippen molar-refractivity contribution < 1.29 is 25.2 Å². The molecule has 28 heavy (non-hydrogen) atoms. The molecule has 1 N–H and O–H groups in total. The number of hydrogen-bond donors (Lipinski definition) is 0. The molecular weight excluding hydrogens is 442 g/mol. The number of fused-ring (bicyclic) bond motifs is 1. The van der Waals surface area contributed by atoms with E-state index >= 15 is 0 Å². The first-order chi connectivity index (χ1) is 13.0. The van der Waals surface area contributed by atoms with Crippen molar-refractivity contribution in [2.45, 2.75) is 13.8 Å². The first-order valence-corrected chi connectivity index (χ1v) is 9.43. The van der Waals surface area contributed by atoms with Crippen molar-refractivity contribution in [3.63, 3.8) is 0 Å². The van der Waals surface area contributed by atoms with Crippen LogP contribution in [0.1, 0.15) is 12.6 Å². The molecule has 7 heteroatoms. The maximum absolute atomic E-state index is 6.14. The number of halogens is 2. The molecule has 0 bridgehead atoms. The van der Waals surface area contributed by atoms with Crippen LogP contribution in [0.5, 0.6) is 5.75 Å². The van der Waals surface area contributed by atoms with Crippen molar-refractivity contribution in [3.05, 3.63) is 77.2 Å². The molecule has 1 aromatic heterocycles. The zero-order valence-corrected chi connectivity index (χ0v) is 17.9. The third-order valence-electron chi connectivity index (χ3n) is 3.67. The molecule has 0 amide bonds. The van der Waals surface area contributed by atoms with Gasteiger partial charge in [0.15, 0.2) is 0 Å². The molecule has 0 unspecified atom stereocenters. The van der Waals surface area contributed by atoms with E-state index in [0.29, 0.717) is 16.4 Å². The monoisotopic (exact) mass is 460 g/mol. The van der Waals surface area contributed by atoms with Crippen LogP contribution in [0, 0.1) is 12.5 Å². The third-order valence-corrected chi connectivity index (χ3v) is 4.41. The number of aryl methyl sites for hydroxylation is 1. The predicted molar refractivity (Wildman–Crippen MR) is 114 cm³/mol. The molecule has 2 rings (SSSR count). The first-order valence-electron chi connectivity index (χ1n) is 8.11. The van der Waals surface area contributed by atoms with Crippen LogP contribution in [-0.4, -0.2) is 22.1 Å². The van der Waals surface area contributed by atoms with Crippen LogP contribution in [0.15, 0.2) is 66.0 Å². The fourth-order valence-electron chi connectivity index (χ4n) is 2.50. The maximum Gasteiger partial charge on any atom is -0.870 e. The van der Waals surface area contributed by atoms with Crippen LogP contribution < -0.4 is 9.64 Å². The fourth-order valence-corrected chi connectivity index (χ4v) is 3.11. The Bertz CT molecular complexity index is 939. The Morgan fingerprint density at radius 3 is 2.79 bits per heavy atom. The van der Waals surface area contributed by atoms with Gasteiger partial charge in [0.1, 0.15) is 0 Å². The third kappa shape index (κ3) is 5.79. The second-order valence-electron chi connectivity index (χ2n) is 5.49. The summed E-state index contributed by atoms with van der Waals surface area (Å²) >= 11 is 16.4. The second kappa shape index (κ2) is 11.8. The van der Waals surface area contributed by atoms with Gasteiger partial charge in [0.05, 0.1) is 0 Å². The summed E-state index contributed by atoms with van der Waals surface area (Å²) in [5.41, 5.74) is 5.61. The Kier molecular flexibility index (Phi) is 10.2. The van der Waals surface area contributed by atoms with Gasteiger partial charge in [-0.2, -0.15) is 0 Å². The number of benzene rings is 1. The summed E-state index contributed by atoms with van der Waals surface area (Å²) in [4.78, 5) is 8.06. The average Bonchev–Trinajstić information content (AvgIpc) is 2.66. The molecule has 0 aliphatic carbocycles. The number of allylic oxidation sites excluding steroid dienone is 2. The van der Waals surface area contributed by atoms with E-state index in [1.807, 2.05) is 55.3 Å². The molecule has 0 spiro atoms. The number of aromatic nitrogens is 1. The number of rotatable bonds is 8. The van der Waals surface area contributed by atoms with Gasteiger partial charge in [-0.1, -0.05) is 12.7 Å². The van der Waals surface area contributed by atoms with Gasteiger partial charge in [-0.05, 0) is 6.92 Å². The van der Waals surface area contributed by atoms with Gasteiger partial charge in [0, 0.05) is 0 Å². The summed E-state index contributed by atoms with van der Waals surface area (Å²) in [7, 11) is 0. The molecule has 2 aromatic rings. The number of nitrogens with zero attached hydrogens (tertiary/aromatic N) is 2. The van der Waals surface area contributed by atoms with Gasteiger partial charge >= 0.3 is 158 Å². The number of anilines is 1. The van der Waals surface area contributed by atoms with Crippen LogP contribution >= 0.6 is 23.2 Å². The fraction of sp³-hybridized carbons (Fsp3) is 0.143. The van der Waals surface area contributed by atoms with Crippen LogP contribution in [0.25, 0.3) is 10.9 Å². The zero-order valence-electron chi connectivity index (χ0n) is 15.4. The van der Waals surface area contributed by atoms with Gasteiger partial charge in [0.25, 0.3) is 0 Å². The minimum atomic E-state index is 0. The smallest absolute Gasteiger partial charge is 0.870 e. The van der Waals surface area contributed by atoms with E-state index in [1.165, 1.54) is 4.99 Å². The van der Waals surface area contributed by atoms with Gasteiger partial charge in [-0.25, -0.2) is 0 Å². The van der Waals surface area contributed by atoms with E-state index in [9.17, 15) is 0 Å². The molecule has 0 aliphatic heterocycles. The van der Waals surface area contributed by atoms with E-state index in [0.717, 1.165) is 22.3 Å². The van der Waals surface area contributed by atoms with E-state index in [4.69, 9.17) is 27.9 Å². The van der Waals surface area contributed by atoms with Crippen molar-refractivity contribution >= 4 is 44.8 Å². The number of para-hydroxylation sites is 1. The Labute approximate surface area is 183 Å². The summed E-state index contributed by atoms with van der Waals surface area (Å²) in [5.74, 6) is 0.626. The van der Waals surface area contributed by atoms with Crippen molar-refractivity contribution in [1.82, 2.24) is 4.98 Å². The normalized spacial score (nSPS) is 12.1. The molecule has 0 aliphatic rings. The summed E-state index contributed by atoms with van der Waals surface area (Å²) in [6.07, 6.45) is 7.22. The summed E-state index contributed by atoms with van der Waals surface area (Å²) in [6, 6.07) is 7.77. The SMILES string of the molecule is C=CN(/C=C\C)c1cc(C)nc2c(OCC(=[C-]Cl)/C(Cl)=C\[CH]=[Ni])cccc12.[OH-]. The van der Waals surface area contributed by atoms with E-state index in [2.05, 4.69) is 32.1 Å². The van der Waals surface area contributed by atoms with Gasteiger partial charge < -0.3 is 5.48 Å². The molecule has 0 fully saturated rings. The Hall–Kier alpha value is -1.91. The average molecular weight is 462 g/mol. The Morgan fingerprint density at radius 2 is 2.18 bits per heavy atom. The summed E-state index contributed by atoms with van der Waals surface area (Å²) in [6.45, 7) is 7.93. The molecular formula is C21H20Cl2N2NiO2-2. The molecule has 152 valence electrons. The van der Waals surface area contributed by atoms with Crippen molar-refractivity contribution in [2.24, 2.45) is 0 Å². The molecule has 1 aromatic carbocycles. The topological polar surface area (TPSA) is 55.4 Å². The van der Waals surface area contributed by atoms with Crippen LogP contribution in [0.2, 0.25) is 0 Å². The van der Waals surface area contributed by atoms with Crippen molar-refractivity contribution in [3.8, 4) is 5.75 Å². The molecule has 4 nitrogen and oxygen atoms in total. The van der Waals surface area contributed by atoms with Gasteiger partial charge in [-0.15, -0.1) is 0 Å². The second-order valence-corrected chi connectivity index (χ2v) is 6.41. The molecule has 0 saturated carbocycles. The Morgan fingerprint density at radius 1 is 1.43 bits per heavy atom. The number of ether oxygens (including phenoxy) is 1. The maximum atomic E-state index is 6.14. The van der Waals surface area contributed by atoms with E-state index in [-0.39, 0.29) is 12.1 Å². The summed E-state index contributed by atoms with van der Waals surface area (Å²) in [5, 5.41) is 1.34. The largest absolute Gasteiger partial charge is 0.870 e. The predicted octanol–water partition coefficient (Wildman–Crippen LogP) is 5.63. The molecule has 1 heterocycles. The van der Waals surface area contributed by atoms with Crippen molar-refractivity contribution in [1.29, 1.82) is 0 Å². The minimum Gasteiger partial charge on any atom is -0.870 e. The quantitative estimate of drug-likeness (QED) is 0.290. The van der Waals surface area contributed by atoms with Crippen molar-refractivity contribution in [2.75, 3.05) is 11.5 Å². The zero-order chi connectivity index (χ0) is 19.8. The molecule has 0 saturated heterocycles. The van der Waals surface area contributed by atoms with E-state index in [1.54, 1.807) is 12.3 Å². The van der Waals surface area contributed by atoms with Gasteiger partial charge in [0.2, 0.25) is 0 Å². The number of hydrogen-bond acceptors (Lipinski definition) is 4. The number of pyridine rings is 1. The van der Waals surface area contributed by atoms with Crippen LogP contribution in [0.3, 0.4) is 0 Å². The molecule has 0 atom stereocenters. The Balaban J connectivity index is 0.00000392. The molecule has 0 radical (unpaired) electrons. The van der Waals surface area contributed by atoms with Crippen LogP contribution in [-0.2, 0) is 15.0 Å². The standard InChI is InChI=1S/C21H19Cl2N2O.Ni.H2O/c1-5-11-25(7-3)19-12-15(4)24-21-17(19)9-8-10-20(21)26-14-16(13-22)18(23)6-2;;/h2,5-12H,3,14H2,1,4H3;;1H2/q-1;;/p-1/b11-5-,18-6+;;. The first kappa shape index (κ1) is 24.1. The van der Waals surface area contributed by atoms with Crippen LogP contribution in [0.4, 0.5) is 5.69 Å². The minimum absolute atomic E-state index is 0. The van der Waals surface area contributed by atoms with Gasteiger partial charge in [-0.3, -0.25) is 0 Å².